The molecule has 0 radical (unpaired) electrons. The van der Waals surface area contributed by atoms with Crippen LogP contribution in [-0.4, -0.2) is 37.2 Å². The van der Waals surface area contributed by atoms with Crippen LogP contribution in [0.3, 0.4) is 0 Å². The van der Waals surface area contributed by atoms with Crippen LogP contribution in [-0.2, 0) is 0 Å². The molecule has 0 aliphatic heterocycles. The molecular formula is C10H9N7S. The van der Waals surface area contributed by atoms with Crippen molar-refractivity contribution in [2.24, 2.45) is 0 Å². The van der Waals surface area contributed by atoms with Gasteiger partial charge in [0.2, 0.25) is 5.95 Å². The molecule has 90 valence electrons. The van der Waals surface area contributed by atoms with Gasteiger partial charge < -0.3 is 5.32 Å². The van der Waals surface area contributed by atoms with E-state index in [1.807, 2.05) is 0 Å². The Morgan fingerprint density at radius 1 is 1.22 bits per heavy atom. The second-order valence-corrected chi connectivity index (χ2v) is 4.39. The molecule has 3 aromatic heterocycles. The Morgan fingerprint density at radius 3 is 2.94 bits per heavy atom. The zero-order valence-electron chi connectivity index (χ0n) is 9.45. The van der Waals surface area contributed by atoms with Crippen LogP contribution in [0, 0.1) is 0 Å². The Kier molecular flexibility index (Phi) is 2.77. The first-order valence-corrected chi connectivity index (χ1v) is 6.01. The van der Waals surface area contributed by atoms with Gasteiger partial charge in [-0.25, -0.2) is 9.97 Å². The summed E-state index contributed by atoms with van der Waals surface area (Å²) in [6.07, 6.45) is 6.68. The van der Waals surface area contributed by atoms with E-state index in [1.54, 1.807) is 31.8 Å². The lowest BCUT2D eigenvalue weighted by molar-refractivity contribution is 1.04. The summed E-state index contributed by atoms with van der Waals surface area (Å²) < 4.78 is 0. The van der Waals surface area contributed by atoms with Crippen LogP contribution < -0.4 is 5.32 Å². The summed E-state index contributed by atoms with van der Waals surface area (Å²) in [4.78, 5) is 16.9. The predicted molar refractivity (Wildman–Crippen MR) is 67.4 cm³/mol. The molecular weight excluding hydrogens is 250 g/mol. The smallest absolute Gasteiger partial charge is 0.225 e. The van der Waals surface area contributed by atoms with Gasteiger partial charge in [0.15, 0.2) is 5.65 Å². The van der Waals surface area contributed by atoms with Crippen molar-refractivity contribution in [3.8, 4) is 0 Å². The van der Waals surface area contributed by atoms with Crippen LogP contribution >= 0.6 is 11.8 Å². The topological polar surface area (TPSA) is 92.3 Å². The first-order chi connectivity index (χ1) is 8.86. The number of hydrogen-bond acceptors (Lipinski definition) is 7. The molecule has 8 heteroatoms. The van der Waals surface area contributed by atoms with Crippen molar-refractivity contribution in [2.75, 3.05) is 12.4 Å². The molecule has 3 aromatic rings. The quantitative estimate of drug-likeness (QED) is 0.685. The van der Waals surface area contributed by atoms with Gasteiger partial charge in [-0.05, 0) is 11.8 Å². The van der Waals surface area contributed by atoms with Gasteiger partial charge in [0, 0.05) is 19.4 Å². The van der Waals surface area contributed by atoms with Gasteiger partial charge in [-0.15, -0.1) is 0 Å². The van der Waals surface area contributed by atoms with E-state index in [0.29, 0.717) is 11.6 Å². The normalized spacial score (nSPS) is 10.7. The SMILES string of the molecule is CNc1nc(Sc2cnccn2)c2cn[nH]c2n1. The summed E-state index contributed by atoms with van der Waals surface area (Å²) in [6.45, 7) is 0. The van der Waals surface area contributed by atoms with E-state index >= 15 is 0 Å². The summed E-state index contributed by atoms with van der Waals surface area (Å²) in [5, 5.41) is 12.2. The van der Waals surface area contributed by atoms with Crippen LogP contribution in [0.4, 0.5) is 5.95 Å². The highest BCUT2D eigenvalue weighted by Gasteiger charge is 2.10. The molecule has 0 aliphatic carbocycles. The van der Waals surface area contributed by atoms with Crippen LogP contribution in [0.2, 0.25) is 0 Å². The molecule has 3 rings (SSSR count). The second kappa shape index (κ2) is 4.57. The van der Waals surface area contributed by atoms with E-state index in [1.165, 1.54) is 11.8 Å². The van der Waals surface area contributed by atoms with Gasteiger partial charge in [-0.1, -0.05) is 0 Å². The number of fused-ring (bicyclic) bond motifs is 1. The lowest BCUT2D eigenvalue weighted by atomic mass is 10.4. The average molecular weight is 259 g/mol. The zero-order chi connectivity index (χ0) is 12.4. The molecule has 18 heavy (non-hydrogen) atoms. The van der Waals surface area contributed by atoms with E-state index in [9.17, 15) is 0 Å². The highest BCUT2D eigenvalue weighted by Crippen LogP contribution is 2.29. The van der Waals surface area contributed by atoms with Crippen molar-refractivity contribution in [1.29, 1.82) is 0 Å². The van der Waals surface area contributed by atoms with Crippen molar-refractivity contribution in [2.45, 2.75) is 10.1 Å². The van der Waals surface area contributed by atoms with E-state index in [0.717, 1.165) is 15.4 Å². The molecule has 0 spiro atoms. The third-order valence-electron chi connectivity index (χ3n) is 2.24. The highest BCUT2D eigenvalue weighted by atomic mass is 32.2. The van der Waals surface area contributed by atoms with Crippen molar-refractivity contribution in [1.82, 2.24) is 30.1 Å². The number of anilines is 1. The Morgan fingerprint density at radius 2 is 2.17 bits per heavy atom. The van der Waals surface area contributed by atoms with Gasteiger partial charge in [-0.2, -0.15) is 10.1 Å². The summed E-state index contributed by atoms with van der Waals surface area (Å²) >= 11 is 1.43. The highest BCUT2D eigenvalue weighted by molar-refractivity contribution is 7.99. The maximum Gasteiger partial charge on any atom is 0.225 e. The average Bonchev–Trinajstić information content (AvgIpc) is 2.88. The summed E-state index contributed by atoms with van der Waals surface area (Å²) in [6, 6.07) is 0. The molecule has 0 atom stereocenters. The zero-order valence-corrected chi connectivity index (χ0v) is 10.3. The van der Waals surface area contributed by atoms with Crippen LogP contribution in [0.5, 0.6) is 0 Å². The molecule has 0 aromatic carbocycles. The van der Waals surface area contributed by atoms with E-state index in [2.05, 4.69) is 35.5 Å². The summed E-state index contributed by atoms with van der Waals surface area (Å²) in [5.41, 5.74) is 0.695. The third kappa shape index (κ3) is 1.97. The third-order valence-corrected chi connectivity index (χ3v) is 3.16. The van der Waals surface area contributed by atoms with Crippen molar-refractivity contribution in [3.05, 3.63) is 24.8 Å². The Hall–Kier alpha value is -2.22. The largest absolute Gasteiger partial charge is 0.357 e. The minimum atomic E-state index is 0.540. The molecule has 0 fully saturated rings. The molecule has 3 heterocycles. The monoisotopic (exact) mass is 259 g/mol. The minimum absolute atomic E-state index is 0.540. The molecule has 7 nitrogen and oxygen atoms in total. The Bertz CT molecular complexity index is 666. The van der Waals surface area contributed by atoms with Crippen molar-refractivity contribution >= 4 is 28.7 Å². The maximum absolute atomic E-state index is 4.40. The minimum Gasteiger partial charge on any atom is -0.357 e. The number of nitrogens with one attached hydrogen (secondary N) is 2. The maximum atomic E-state index is 4.40. The van der Waals surface area contributed by atoms with Crippen LogP contribution in [0.25, 0.3) is 11.0 Å². The lowest BCUT2D eigenvalue weighted by Gasteiger charge is -2.03. The van der Waals surface area contributed by atoms with Crippen molar-refractivity contribution < 1.29 is 0 Å². The standard InChI is InChI=1S/C10H9N7S/c1-11-10-15-8-6(4-14-17-8)9(16-10)18-7-5-12-2-3-13-7/h2-5H,1H3,(H2,11,14,15,16,17). The Balaban J connectivity index is 2.07. The van der Waals surface area contributed by atoms with Gasteiger partial charge in [0.25, 0.3) is 0 Å². The van der Waals surface area contributed by atoms with E-state index < -0.39 is 0 Å². The number of aromatic nitrogens is 6. The Labute approximate surface area is 106 Å². The van der Waals surface area contributed by atoms with E-state index in [-0.39, 0.29) is 0 Å². The molecule has 0 saturated heterocycles. The predicted octanol–water partition coefficient (Wildman–Crippen LogP) is 1.34. The fourth-order valence-electron chi connectivity index (χ4n) is 1.44. The van der Waals surface area contributed by atoms with Gasteiger partial charge in [0.05, 0.1) is 17.8 Å². The van der Waals surface area contributed by atoms with Crippen molar-refractivity contribution in [3.63, 3.8) is 0 Å². The van der Waals surface area contributed by atoms with E-state index in [4.69, 9.17) is 0 Å². The van der Waals surface area contributed by atoms with Crippen LogP contribution in [0.1, 0.15) is 0 Å². The fourth-order valence-corrected chi connectivity index (χ4v) is 2.25. The lowest BCUT2D eigenvalue weighted by Crippen LogP contribution is -1.98. The van der Waals surface area contributed by atoms with Gasteiger partial charge >= 0.3 is 0 Å². The molecule has 0 aliphatic rings. The number of nitrogens with zero attached hydrogens (tertiary/aromatic N) is 5. The van der Waals surface area contributed by atoms with Crippen LogP contribution in [0.15, 0.2) is 34.8 Å². The fraction of sp³-hybridized carbons (Fsp3) is 0.100. The summed E-state index contributed by atoms with van der Waals surface area (Å²) in [5.74, 6) is 0.540. The van der Waals surface area contributed by atoms with Gasteiger partial charge in [0.1, 0.15) is 10.1 Å². The molecule has 0 bridgehead atoms. The summed E-state index contributed by atoms with van der Waals surface area (Å²) in [7, 11) is 1.77. The molecule has 0 unspecified atom stereocenters. The first kappa shape index (κ1) is 10.9. The number of aromatic amines is 1. The molecule has 0 amide bonds. The second-order valence-electron chi connectivity index (χ2n) is 3.38. The number of hydrogen-bond donors (Lipinski definition) is 2. The molecule has 2 N–H and O–H groups in total. The first-order valence-electron chi connectivity index (χ1n) is 5.19. The number of rotatable bonds is 3. The molecule has 0 saturated carbocycles. The number of H-pyrrole nitrogens is 1. The van der Waals surface area contributed by atoms with Gasteiger partial charge in [-0.3, -0.25) is 10.1 Å².